The van der Waals surface area contributed by atoms with E-state index in [0.29, 0.717) is 11.4 Å². The Morgan fingerprint density at radius 1 is 1.50 bits per heavy atom. The molecule has 5 heteroatoms. The molecule has 5 nitrogen and oxygen atoms in total. The summed E-state index contributed by atoms with van der Waals surface area (Å²) in [5.74, 6) is 0.623. The molecule has 1 aliphatic rings. The molecule has 1 aromatic carbocycles. The number of nitro benzene ring substituents is 1. The molecule has 1 saturated carbocycles. The van der Waals surface area contributed by atoms with Crippen molar-refractivity contribution in [3.63, 3.8) is 0 Å². The summed E-state index contributed by atoms with van der Waals surface area (Å²) in [4.78, 5) is 10.5. The summed E-state index contributed by atoms with van der Waals surface area (Å²) in [6.07, 6.45) is 2.09. The van der Waals surface area contributed by atoms with Crippen LogP contribution in [0, 0.1) is 10.1 Å². The summed E-state index contributed by atoms with van der Waals surface area (Å²) in [5, 5.41) is 14.0. The predicted octanol–water partition coefficient (Wildman–Crippen LogP) is 2.57. The fraction of sp³-hybridized carbons (Fsp3) is 0.455. The zero-order chi connectivity index (χ0) is 11.8. The van der Waals surface area contributed by atoms with Crippen LogP contribution in [0.15, 0.2) is 18.2 Å². The van der Waals surface area contributed by atoms with Gasteiger partial charge in [-0.15, -0.1) is 0 Å². The molecule has 0 bridgehead atoms. The molecule has 1 aliphatic carbocycles. The van der Waals surface area contributed by atoms with Gasteiger partial charge in [-0.25, -0.2) is 0 Å². The number of hydrogen-bond donors (Lipinski definition) is 1. The van der Waals surface area contributed by atoms with Gasteiger partial charge < -0.3 is 10.1 Å². The minimum Gasteiger partial charge on any atom is -0.497 e. The maximum absolute atomic E-state index is 10.9. The Hall–Kier alpha value is -1.78. The van der Waals surface area contributed by atoms with Crippen molar-refractivity contribution < 1.29 is 9.66 Å². The molecular weight excluding hydrogens is 208 g/mol. The minimum absolute atomic E-state index is 0.0110. The van der Waals surface area contributed by atoms with Crippen LogP contribution >= 0.6 is 0 Å². The van der Waals surface area contributed by atoms with E-state index in [9.17, 15) is 10.1 Å². The molecule has 0 saturated heterocycles. The van der Waals surface area contributed by atoms with Crippen molar-refractivity contribution in [1.82, 2.24) is 0 Å². The van der Waals surface area contributed by atoms with Gasteiger partial charge in [-0.3, -0.25) is 10.1 Å². The average Bonchev–Trinajstić information content (AvgIpc) is 2.95. The fourth-order valence-electron chi connectivity index (χ4n) is 1.54. The van der Waals surface area contributed by atoms with Gasteiger partial charge in [0.15, 0.2) is 0 Å². The third kappa shape index (κ3) is 2.08. The van der Waals surface area contributed by atoms with Crippen LogP contribution in [-0.4, -0.2) is 17.6 Å². The van der Waals surface area contributed by atoms with Crippen LogP contribution in [0.3, 0.4) is 0 Å². The van der Waals surface area contributed by atoms with Crippen molar-refractivity contribution >= 4 is 11.4 Å². The van der Waals surface area contributed by atoms with Crippen LogP contribution in [0.5, 0.6) is 5.75 Å². The number of hydrogen-bond acceptors (Lipinski definition) is 4. The van der Waals surface area contributed by atoms with Gasteiger partial charge in [0.05, 0.1) is 12.0 Å². The Balaban J connectivity index is 2.33. The van der Waals surface area contributed by atoms with Crippen molar-refractivity contribution in [2.75, 3.05) is 12.4 Å². The lowest BCUT2D eigenvalue weighted by Gasteiger charge is -2.13. The number of benzene rings is 1. The summed E-state index contributed by atoms with van der Waals surface area (Å²) in [6.45, 7) is 2.05. The van der Waals surface area contributed by atoms with E-state index >= 15 is 0 Å². The molecule has 0 unspecified atom stereocenters. The molecule has 1 fully saturated rings. The zero-order valence-corrected chi connectivity index (χ0v) is 9.32. The van der Waals surface area contributed by atoms with E-state index in [2.05, 4.69) is 12.2 Å². The van der Waals surface area contributed by atoms with E-state index in [1.807, 2.05) is 0 Å². The Morgan fingerprint density at radius 2 is 2.19 bits per heavy atom. The van der Waals surface area contributed by atoms with Crippen molar-refractivity contribution in [1.29, 1.82) is 0 Å². The van der Waals surface area contributed by atoms with Crippen LogP contribution in [-0.2, 0) is 0 Å². The van der Waals surface area contributed by atoms with Gasteiger partial charge in [0, 0.05) is 17.7 Å². The minimum atomic E-state index is -0.381. The van der Waals surface area contributed by atoms with Crippen LogP contribution in [0.2, 0.25) is 0 Å². The molecule has 0 aliphatic heterocycles. The first-order valence-electron chi connectivity index (χ1n) is 5.15. The molecule has 1 N–H and O–H groups in total. The van der Waals surface area contributed by atoms with E-state index < -0.39 is 0 Å². The molecule has 16 heavy (non-hydrogen) atoms. The highest BCUT2D eigenvalue weighted by atomic mass is 16.6. The van der Waals surface area contributed by atoms with Gasteiger partial charge in [-0.2, -0.15) is 0 Å². The van der Waals surface area contributed by atoms with Gasteiger partial charge in [-0.1, -0.05) is 0 Å². The van der Waals surface area contributed by atoms with Crippen LogP contribution in [0.4, 0.5) is 11.4 Å². The maximum atomic E-state index is 10.9. The van der Waals surface area contributed by atoms with Crippen molar-refractivity contribution in [2.45, 2.75) is 25.3 Å². The van der Waals surface area contributed by atoms with Gasteiger partial charge in [-0.05, 0) is 25.8 Å². The SMILES string of the molecule is COc1ccc([N+](=O)[O-])c(NC2(C)CC2)c1. The standard InChI is InChI=1S/C11H14N2O3/c1-11(5-6-11)12-9-7-8(16-2)3-4-10(9)13(14)15/h3-4,7,12H,5-6H2,1-2H3. The first kappa shape index (κ1) is 10.7. The quantitative estimate of drug-likeness (QED) is 0.628. The Kier molecular flexibility index (Phi) is 2.46. The van der Waals surface area contributed by atoms with Crippen molar-refractivity contribution in [3.05, 3.63) is 28.3 Å². The highest BCUT2D eigenvalue weighted by Crippen LogP contribution is 2.41. The Labute approximate surface area is 93.6 Å². The summed E-state index contributed by atoms with van der Waals surface area (Å²) in [7, 11) is 1.55. The first-order chi connectivity index (χ1) is 7.54. The topological polar surface area (TPSA) is 64.4 Å². The lowest BCUT2D eigenvalue weighted by atomic mass is 10.2. The second-order valence-corrected chi connectivity index (χ2v) is 4.33. The molecule has 0 atom stereocenters. The molecule has 0 spiro atoms. The van der Waals surface area contributed by atoms with Gasteiger partial charge >= 0.3 is 0 Å². The van der Waals surface area contributed by atoms with E-state index in [4.69, 9.17) is 4.74 Å². The summed E-state index contributed by atoms with van der Waals surface area (Å²) >= 11 is 0. The third-order valence-electron chi connectivity index (χ3n) is 2.84. The summed E-state index contributed by atoms with van der Waals surface area (Å²) in [5.41, 5.74) is 0.634. The lowest BCUT2D eigenvalue weighted by molar-refractivity contribution is -0.384. The highest BCUT2D eigenvalue weighted by Gasteiger charge is 2.38. The molecule has 2 rings (SSSR count). The fourth-order valence-corrected chi connectivity index (χ4v) is 1.54. The second kappa shape index (κ2) is 3.66. The largest absolute Gasteiger partial charge is 0.497 e. The molecule has 1 aromatic rings. The van der Waals surface area contributed by atoms with Crippen LogP contribution < -0.4 is 10.1 Å². The monoisotopic (exact) mass is 222 g/mol. The van der Waals surface area contributed by atoms with E-state index in [1.165, 1.54) is 6.07 Å². The number of rotatable bonds is 4. The third-order valence-corrected chi connectivity index (χ3v) is 2.84. The normalized spacial score (nSPS) is 16.6. The molecule has 0 amide bonds. The second-order valence-electron chi connectivity index (χ2n) is 4.33. The Morgan fingerprint density at radius 3 is 2.69 bits per heavy atom. The van der Waals surface area contributed by atoms with Crippen molar-refractivity contribution in [3.8, 4) is 5.75 Å². The van der Waals surface area contributed by atoms with Crippen LogP contribution in [0.25, 0.3) is 0 Å². The number of nitrogens with zero attached hydrogens (tertiary/aromatic N) is 1. The zero-order valence-electron chi connectivity index (χ0n) is 9.32. The summed E-state index contributed by atoms with van der Waals surface area (Å²) < 4.78 is 5.06. The number of methoxy groups -OCH3 is 1. The van der Waals surface area contributed by atoms with E-state index in [-0.39, 0.29) is 16.1 Å². The number of ether oxygens (including phenoxy) is 1. The van der Waals surface area contributed by atoms with Crippen LogP contribution in [0.1, 0.15) is 19.8 Å². The van der Waals surface area contributed by atoms with E-state index in [1.54, 1.807) is 19.2 Å². The van der Waals surface area contributed by atoms with Crippen molar-refractivity contribution in [2.24, 2.45) is 0 Å². The number of nitrogens with one attached hydrogen (secondary N) is 1. The van der Waals surface area contributed by atoms with Gasteiger partial charge in [0.25, 0.3) is 5.69 Å². The lowest BCUT2D eigenvalue weighted by Crippen LogP contribution is -2.16. The molecular formula is C11H14N2O3. The summed E-state index contributed by atoms with van der Waals surface area (Å²) in [6, 6.07) is 4.73. The maximum Gasteiger partial charge on any atom is 0.292 e. The molecule has 0 heterocycles. The average molecular weight is 222 g/mol. The smallest absolute Gasteiger partial charge is 0.292 e. The number of nitro groups is 1. The van der Waals surface area contributed by atoms with Gasteiger partial charge in [0.1, 0.15) is 11.4 Å². The highest BCUT2D eigenvalue weighted by molar-refractivity contribution is 5.65. The molecule has 86 valence electrons. The number of anilines is 1. The van der Waals surface area contributed by atoms with E-state index in [0.717, 1.165) is 12.8 Å². The molecule has 0 radical (unpaired) electrons. The molecule has 0 aromatic heterocycles. The Bertz CT molecular complexity index is 427. The predicted molar refractivity (Wildman–Crippen MR) is 60.9 cm³/mol. The van der Waals surface area contributed by atoms with Gasteiger partial charge in [0.2, 0.25) is 0 Å². The first-order valence-corrected chi connectivity index (χ1v) is 5.15.